The summed E-state index contributed by atoms with van der Waals surface area (Å²) in [5.41, 5.74) is 8.50. The Bertz CT molecular complexity index is 5590. The van der Waals surface area contributed by atoms with E-state index in [1.165, 1.54) is 53.8 Å². The Labute approximate surface area is 677 Å². The number of likely N-dealkylation sites (tertiary alicyclic amines) is 4. The highest BCUT2D eigenvalue weighted by Gasteiger charge is 2.52. The number of carbonyl (C=O) groups is 4. The Kier molecular flexibility index (Phi) is 21.8. The first-order valence-electron chi connectivity index (χ1n) is 39.6. The van der Waals surface area contributed by atoms with Crippen LogP contribution in [0.25, 0.3) is 34.2 Å². The molecule has 10 aromatic heterocycles. The third-order valence-electron chi connectivity index (χ3n) is 23.2. The van der Waals surface area contributed by atoms with Gasteiger partial charge in [-0.2, -0.15) is 25.2 Å². The zero-order valence-electron chi connectivity index (χ0n) is 65.7. The van der Waals surface area contributed by atoms with Crippen molar-refractivity contribution in [2.45, 2.75) is 141 Å². The van der Waals surface area contributed by atoms with Crippen molar-refractivity contribution in [3.63, 3.8) is 0 Å². The number of nitrogens with zero attached hydrogens (tertiary/aromatic N) is 24. The molecule has 20 rings (SSSR count). The lowest BCUT2D eigenvalue weighted by Crippen LogP contribution is -2.48. The van der Waals surface area contributed by atoms with Crippen molar-refractivity contribution in [2.24, 2.45) is 23.7 Å². The molecule has 12 atom stereocenters. The molecule has 12 unspecified atom stereocenters. The second kappa shape index (κ2) is 33.3. The van der Waals surface area contributed by atoms with E-state index in [0.29, 0.717) is 93.8 Å². The van der Waals surface area contributed by atoms with Crippen LogP contribution >= 0.6 is 0 Å². The zero-order chi connectivity index (χ0) is 81.2. The predicted octanol–water partition coefficient (Wildman–Crippen LogP) is 9.76. The van der Waals surface area contributed by atoms with E-state index in [4.69, 9.17) is 0 Å². The monoisotopic (exact) mass is 1590 g/mol. The molecule has 14 heterocycles. The molecule has 12 aromatic rings. The van der Waals surface area contributed by atoms with Crippen molar-refractivity contribution in [3.05, 3.63) is 240 Å². The molecule has 32 nitrogen and oxygen atoms in total. The van der Waals surface area contributed by atoms with Crippen molar-refractivity contribution in [1.29, 1.82) is 0 Å². The number of hydrogen-bond acceptors (Lipinski definition) is 26. The summed E-state index contributed by atoms with van der Waals surface area (Å²) >= 11 is 0. The maximum absolute atomic E-state index is 14.5. The van der Waals surface area contributed by atoms with E-state index >= 15 is 0 Å². The molecule has 8 fully saturated rings. The van der Waals surface area contributed by atoms with Gasteiger partial charge in [0.15, 0.2) is 17.5 Å². The van der Waals surface area contributed by atoms with Crippen LogP contribution in [0, 0.1) is 76.8 Å². The van der Waals surface area contributed by atoms with Gasteiger partial charge in [-0.1, -0.05) is 6.07 Å². The number of hydrogen-bond donors (Lipinski definition) is 4. The quantitative estimate of drug-likeness (QED) is 0.0698. The van der Waals surface area contributed by atoms with E-state index < -0.39 is 11.6 Å². The van der Waals surface area contributed by atoms with E-state index in [1.54, 1.807) is 105 Å². The minimum Gasteiger partial charge on any atom is -0.364 e. The van der Waals surface area contributed by atoms with Crippen LogP contribution in [-0.4, -0.2) is 218 Å². The number of amides is 4. The summed E-state index contributed by atoms with van der Waals surface area (Å²) in [6.45, 7) is 14.3. The first-order valence-corrected chi connectivity index (χ1v) is 39.6. The van der Waals surface area contributed by atoms with Gasteiger partial charge in [0.05, 0.1) is 144 Å². The van der Waals surface area contributed by atoms with Crippen LogP contribution in [0.5, 0.6) is 0 Å². The van der Waals surface area contributed by atoms with Gasteiger partial charge in [0.2, 0.25) is 0 Å². The topological polar surface area (TPSA) is 371 Å². The number of aryl methyl sites for hydroxylation is 6. The SMILES string of the molecule is Cc1cnc(C(=O)N2CC3CC(Nc4cnc(C)cn4)C2C3)c(-c2ncccn2)c1.Cc1cnc(NC2CC3CC2N(C(=O)c2ccc(F)cc2-n2nccn2)C3)cn1.Cc1cnc(NC2CC3CC2N(C(=O)c2cccc(F)c2-n2nccn2)C3)cn1.Cc1cnc(NC2CC3CC2N(C(=O)c2nc(C)ccc2-c2ncccn2)C3)cn1. The second-order valence-corrected chi connectivity index (χ2v) is 31.5. The average Bonchev–Trinajstić information content (AvgIpc) is 1.62. The molecule has 4 saturated heterocycles. The van der Waals surface area contributed by atoms with E-state index in [9.17, 15) is 28.0 Å². The van der Waals surface area contributed by atoms with Crippen molar-refractivity contribution < 1.29 is 28.0 Å². The van der Waals surface area contributed by atoms with Gasteiger partial charge in [0.25, 0.3) is 23.6 Å². The molecule has 0 radical (unpaired) electrons. The van der Waals surface area contributed by atoms with Gasteiger partial charge in [-0.05, 0) is 177 Å². The summed E-state index contributed by atoms with van der Waals surface area (Å²) in [6, 6.07) is 18.6. The minimum absolute atomic E-state index is 0.0253. The molecule has 4 aliphatic carbocycles. The van der Waals surface area contributed by atoms with E-state index in [-0.39, 0.29) is 83.2 Å². The van der Waals surface area contributed by atoms with Gasteiger partial charge >= 0.3 is 0 Å². The molecule has 4 aliphatic heterocycles. The summed E-state index contributed by atoms with van der Waals surface area (Å²) in [6.07, 6.45) is 36.1. The molecule has 2 aromatic carbocycles. The number of para-hydroxylation sites is 1. The lowest BCUT2D eigenvalue weighted by atomic mass is 10.0. The smallest absolute Gasteiger partial charge is 0.273 e. The Morgan fingerprint density at radius 3 is 1.19 bits per heavy atom. The third-order valence-corrected chi connectivity index (χ3v) is 23.2. The number of aromatic nitrogens is 20. The fourth-order valence-corrected chi connectivity index (χ4v) is 18.0. The Morgan fingerprint density at radius 1 is 0.356 bits per heavy atom. The fraction of sp³-hybridized carbons (Fsp3) is 0.357. The lowest BCUT2D eigenvalue weighted by Gasteiger charge is -2.34. The Balaban J connectivity index is 0.000000113. The third kappa shape index (κ3) is 16.4. The molecule has 4 saturated carbocycles. The van der Waals surface area contributed by atoms with Crippen LogP contribution in [-0.2, 0) is 0 Å². The van der Waals surface area contributed by atoms with E-state index in [2.05, 4.69) is 111 Å². The highest BCUT2D eigenvalue weighted by Crippen LogP contribution is 2.45. The van der Waals surface area contributed by atoms with Crippen LogP contribution in [0.1, 0.15) is 127 Å². The molecule has 4 amide bonds. The molecule has 34 heteroatoms. The number of piperidine rings is 4. The first-order chi connectivity index (χ1) is 57.3. The first kappa shape index (κ1) is 77.0. The Morgan fingerprint density at radius 2 is 0.763 bits per heavy atom. The van der Waals surface area contributed by atoms with E-state index in [1.807, 2.05) is 79.3 Å². The van der Waals surface area contributed by atoms with Gasteiger partial charge in [0.1, 0.15) is 51.9 Å². The largest absolute Gasteiger partial charge is 0.364 e. The van der Waals surface area contributed by atoms with Crippen LogP contribution in [0.3, 0.4) is 0 Å². The number of fused-ring (bicyclic) bond motifs is 8. The highest BCUT2D eigenvalue weighted by molar-refractivity contribution is 6.01. The normalized spacial score (nSPS) is 22.6. The van der Waals surface area contributed by atoms with Gasteiger partial charge < -0.3 is 40.9 Å². The second-order valence-electron chi connectivity index (χ2n) is 31.5. The molecule has 600 valence electrons. The highest BCUT2D eigenvalue weighted by atomic mass is 19.1. The molecule has 0 spiro atoms. The van der Waals surface area contributed by atoms with Gasteiger partial charge in [0, 0.05) is 93.1 Å². The maximum atomic E-state index is 14.5. The summed E-state index contributed by atoms with van der Waals surface area (Å²) < 4.78 is 28.4. The van der Waals surface area contributed by atoms with Crippen molar-refractivity contribution in [3.8, 4) is 34.2 Å². The van der Waals surface area contributed by atoms with Gasteiger partial charge in [-0.3, -0.25) is 44.1 Å². The number of nitrogens with one attached hydrogen (secondary N) is 4. The summed E-state index contributed by atoms with van der Waals surface area (Å²) in [4.78, 5) is 125. The Hall–Kier alpha value is -13.6. The van der Waals surface area contributed by atoms with Crippen LogP contribution in [0.2, 0.25) is 0 Å². The van der Waals surface area contributed by atoms with Crippen LogP contribution < -0.4 is 21.3 Å². The molecule has 118 heavy (non-hydrogen) atoms. The molecule has 4 N–H and O–H groups in total. The van der Waals surface area contributed by atoms with Gasteiger partial charge in [-0.15, -0.1) is 4.80 Å². The number of rotatable bonds is 16. The number of anilines is 4. The summed E-state index contributed by atoms with van der Waals surface area (Å²) in [7, 11) is 0. The number of pyridine rings is 2. The van der Waals surface area contributed by atoms with Crippen molar-refractivity contribution >= 4 is 46.9 Å². The standard InChI is InChI=1S/2C22H23N7O.2C20H20FN7O/c1-13-4-5-16(21-23-6-3-7-24-21)20(27-13)22(30)29-12-15-8-17(18(29)9-15)28-19-11-25-14(2)10-26-19;1-13-6-16(21-23-4-3-5-24-21)20(27-9-13)22(30)29-12-15-7-17(18(29)8-15)28-19-11-25-14(2)10-26-19;1-12-9-23-19(10-22-12)26-16-6-13-7-18(16)27(11-13)20(29)15-3-2-14(21)8-17(15)28-24-4-5-25-28;1-12-9-23-18(10-22-12)26-16-7-13-8-17(16)27(11-13)20(29)14-3-2-4-15(21)19(14)28-24-5-6-25-28/h3-7,10-11,15,17-18H,8-9,12H2,1-2H3,(H,26,28);3-6,9-11,15,17-18H,7-8,12H2,1-2H3,(H,26,28);2-5,8-10,13,16,18H,6-7,11H2,1H3,(H,23,26);2-6,9-10,13,16-17H,7-8,11H2,1H3,(H,23,26). The number of carbonyl (C=O) groups excluding carboxylic acids is 4. The summed E-state index contributed by atoms with van der Waals surface area (Å²) in [5.74, 6) is 4.34. The lowest BCUT2D eigenvalue weighted by molar-refractivity contribution is 0.0679. The molecular weight excluding hydrogens is 1500 g/mol. The fourth-order valence-electron chi connectivity index (χ4n) is 18.0. The number of halogens is 2. The molecule has 8 bridgehead atoms. The van der Waals surface area contributed by atoms with Crippen molar-refractivity contribution in [1.82, 2.24) is 119 Å². The predicted molar refractivity (Wildman–Crippen MR) is 430 cm³/mol. The van der Waals surface area contributed by atoms with Crippen molar-refractivity contribution in [2.75, 3.05) is 47.4 Å². The van der Waals surface area contributed by atoms with Crippen LogP contribution in [0.4, 0.5) is 32.1 Å². The minimum atomic E-state index is -0.527. The van der Waals surface area contributed by atoms with Gasteiger partial charge in [-0.25, -0.2) is 53.6 Å². The van der Waals surface area contributed by atoms with E-state index in [0.717, 1.165) is 115 Å². The number of benzene rings is 2. The molecular formula is C84H86F2N28O4. The average molecular weight is 1590 g/mol. The summed E-state index contributed by atoms with van der Waals surface area (Å²) in [5, 5.41) is 30.0. The zero-order valence-corrected chi connectivity index (χ0v) is 65.7. The maximum Gasteiger partial charge on any atom is 0.273 e. The van der Waals surface area contributed by atoms with Crippen LogP contribution in [0.15, 0.2) is 172 Å². The molecule has 8 aliphatic rings.